The smallest absolute Gasteiger partial charge is 0.320 e. The standard InChI is InChI=1S/C20H33N5O2Si/c1-15-12-17-19(25(15)14-27-10-11-28(2,3)4)21-13-18(23-17)24-20(26)22-16-8-6-5-7-9-16/h12-13,16H,5-11,14H2,1-4H3,(H2,22,23,24,26). The quantitative estimate of drug-likeness (QED) is 0.526. The summed E-state index contributed by atoms with van der Waals surface area (Å²) in [4.78, 5) is 21.3. The Kier molecular flexibility index (Phi) is 6.72. The van der Waals surface area contributed by atoms with Gasteiger partial charge in [0.15, 0.2) is 11.5 Å². The molecule has 0 aromatic carbocycles. The van der Waals surface area contributed by atoms with E-state index in [9.17, 15) is 4.79 Å². The van der Waals surface area contributed by atoms with E-state index < -0.39 is 8.07 Å². The summed E-state index contributed by atoms with van der Waals surface area (Å²) in [5.41, 5.74) is 2.59. The lowest BCUT2D eigenvalue weighted by Gasteiger charge is -2.22. The molecule has 2 amide bonds. The number of rotatable bonds is 7. The topological polar surface area (TPSA) is 81.1 Å². The normalized spacial score (nSPS) is 15.7. The van der Waals surface area contributed by atoms with Gasteiger partial charge >= 0.3 is 6.03 Å². The number of carbonyl (C=O) groups excluding carboxylic acids is 1. The van der Waals surface area contributed by atoms with E-state index in [0.29, 0.717) is 12.5 Å². The first kappa shape index (κ1) is 20.8. The maximum Gasteiger partial charge on any atom is 0.320 e. The zero-order chi connectivity index (χ0) is 20.1. The van der Waals surface area contributed by atoms with Crippen LogP contribution in [-0.4, -0.2) is 41.3 Å². The number of hydrogen-bond acceptors (Lipinski definition) is 4. The lowest BCUT2D eigenvalue weighted by Crippen LogP contribution is -2.39. The van der Waals surface area contributed by atoms with Gasteiger partial charge in [-0.3, -0.25) is 5.32 Å². The molecule has 8 heteroatoms. The number of nitrogens with zero attached hydrogens (tertiary/aromatic N) is 3. The van der Waals surface area contributed by atoms with E-state index in [-0.39, 0.29) is 12.1 Å². The van der Waals surface area contributed by atoms with E-state index in [2.05, 4.69) is 40.2 Å². The van der Waals surface area contributed by atoms with Gasteiger partial charge in [-0.2, -0.15) is 0 Å². The number of carbonyl (C=O) groups is 1. The first-order valence-electron chi connectivity index (χ1n) is 10.3. The Morgan fingerprint density at radius 3 is 2.75 bits per heavy atom. The van der Waals surface area contributed by atoms with Crippen molar-refractivity contribution >= 4 is 31.1 Å². The lowest BCUT2D eigenvalue weighted by molar-refractivity contribution is 0.0886. The fraction of sp³-hybridized carbons (Fsp3) is 0.650. The number of anilines is 1. The molecule has 2 aromatic rings. The van der Waals surface area contributed by atoms with Gasteiger partial charge < -0.3 is 14.6 Å². The number of ether oxygens (including phenoxy) is 1. The second-order valence-electron chi connectivity index (χ2n) is 8.96. The van der Waals surface area contributed by atoms with Crippen LogP contribution in [-0.2, 0) is 11.5 Å². The Hall–Kier alpha value is -1.93. The molecule has 0 spiro atoms. The maximum absolute atomic E-state index is 12.2. The van der Waals surface area contributed by atoms with Crippen LogP contribution in [0.5, 0.6) is 0 Å². The van der Waals surface area contributed by atoms with E-state index in [1.807, 2.05) is 17.6 Å². The van der Waals surface area contributed by atoms with Crippen molar-refractivity contribution in [3.8, 4) is 0 Å². The molecule has 0 aliphatic heterocycles. The SMILES string of the molecule is Cc1cc2nc(NC(=O)NC3CCCCC3)cnc2n1COCC[Si](C)(C)C. The van der Waals surface area contributed by atoms with E-state index in [4.69, 9.17) is 4.74 Å². The third kappa shape index (κ3) is 5.78. The number of nitrogens with one attached hydrogen (secondary N) is 2. The van der Waals surface area contributed by atoms with E-state index >= 15 is 0 Å². The van der Waals surface area contributed by atoms with Crippen LogP contribution in [0.25, 0.3) is 11.2 Å². The van der Waals surface area contributed by atoms with Crippen LogP contribution in [0.1, 0.15) is 37.8 Å². The minimum atomic E-state index is -1.09. The second kappa shape index (κ2) is 9.04. The highest BCUT2D eigenvalue weighted by atomic mass is 28.3. The van der Waals surface area contributed by atoms with Crippen molar-refractivity contribution < 1.29 is 9.53 Å². The highest BCUT2D eigenvalue weighted by molar-refractivity contribution is 6.76. The summed E-state index contributed by atoms with van der Waals surface area (Å²) in [6, 6.07) is 3.18. The zero-order valence-corrected chi connectivity index (χ0v) is 18.5. The Labute approximate surface area is 168 Å². The van der Waals surface area contributed by atoms with Crippen LogP contribution in [0.2, 0.25) is 25.7 Å². The monoisotopic (exact) mass is 403 g/mol. The molecule has 1 saturated carbocycles. The summed E-state index contributed by atoms with van der Waals surface area (Å²) in [6.45, 7) is 10.3. The largest absolute Gasteiger partial charge is 0.361 e. The molecule has 1 aliphatic carbocycles. The van der Waals surface area contributed by atoms with Crippen molar-refractivity contribution in [2.24, 2.45) is 0 Å². The van der Waals surface area contributed by atoms with Crippen LogP contribution in [0, 0.1) is 6.92 Å². The molecule has 3 rings (SSSR count). The lowest BCUT2D eigenvalue weighted by atomic mass is 9.96. The van der Waals surface area contributed by atoms with Crippen LogP contribution in [0.15, 0.2) is 12.3 Å². The fourth-order valence-corrected chi connectivity index (χ4v) is 4.24. The summed E-state index contributed by atoms with van der Waals surface area (Å²) >= 11 is 0. The van der Waals surface area contributed by atoms with Crippen molar-refractivity contribution in [2.75, 3.05) is 11.9 Å². The first-order chi connectivity index (χ1) is 13.3. The molecule has 0 saturated heterocycles. The Bertz CT molecular complexity index is 809. The summed E-state index contributed by atoms with van der Waals surface area (Å²) in [5.74, 6) is 0.470. The molecule has 154 valence electrons. The predicted molar refractivity (Wildman–Crippen MR) is 115 cm³/mol. The molecule has 1 fully saturated rings. The second-order valence-corrected chi connectivity index (χ2v) is 14.6. The van der Waals surface area contributed by atoms with Crippen molar-refractivity contribution in [1.82, 2.24) is 19.9 Å². The van der Waals surface area contributed by atoms with E-state index in [1.165, 1.54) is 19.3 Å². The first-order valence-corrected chi connectivity index (χ1v) is 14.0. The molecule has 0 atom stereocenters. The predicted octanol–water partition coefficient (Wildman–Crippen LogP) is 4.51. The zero-order valence-electron chi connectivity index (χ0n) is 17.5. The van der Waals surface area contributed by atoms with Crippen molar-refractivity contribution in [2.45, 2.75) is 77.5 Å². The maximum atomic E-state index is 12.2. The van der Waals surface area contributed by atoms with Crippen LogP contribution in [0.3, 0.4) is 0 Å². The highest BCUT2D eigenvalue weighted by Gasteiger charge is 2.17. The molecule has 1 aliphatic rings. The molecule has 2 heterocycles. The Balaban J connectivity index is 1.60. The van der Waals surface area contributed by atoms with Gasteiger partial charge in [-0.25, -0.2) is 14.8 Å². The summed E-state index contributed by atoms with van der Waals surface area (Å²) < 4.78 is 7.90. The van der Waals surface area contributed by atoms with Gasteiger partial charge in [0.05, 0.1) is 6.20 Å². The number of aromatic nitrogens is 3. The number of hydrogen-bond donors (Lipinski definition) is 2. The van der Waals surface area contributed by atoms with Gasteiger partial charge in [0.1, 0.15) is 12.2 Å². The average molecular weight is 404 g/mol. The summed E-state index contributed by atoms with van der Waals surface area (Å²) in [7, 11) is -1.09. The summed E-state index contributed by atoms with van der Waals surface area (Å²) in [5, 5.41) is 5.86. The average Bonchev–Trinajstić information content (AvgIpc) is 2.93. The number of amides is 2. The molecule has 2 aromatic heterocycles. The minimum Gasteiger partial charge on any atom is -0.361 e. The number of fused-ring (bicyclic) bond motifs is 1. The molecular formula is C20H33N5O2Si. The third-order valence-corrected chi connectivity index (χ3v) is 6.91. The van der Waals surface area contributed by atoms with Crippen LogP contribution < -0.4 is 10.6 Å². The van der Waals surface area contributed by atoms with E-state index in [0.717, 1.165) is 42.4 Å². The number of urea groups is 1. The molecular weight excluding hydrogens is 370 g/mol. The molecule has 2 N–H and O–H groups in total. The van der Waals surface area contributed by atoms with Crippen molar-refractivity contribution in [3.63, 3.8) is 0 Å². The Morgan fingerprint density at radius 2 is 2.04 bits per heavy atom. The van der Waals surface area contributed by atoms with Gasteiger partial charge in [-0.15, -0.1) is 0 Å². The van der Waals surface area contributed by atoms with Crippen LogP contribution >= 0.6 is 0 Å². The van der Waals surface area contributed by atoms with Gasteiger partial charge in [0.2, 0.25) is 0 Å². The molecule has 0 bridgehead atoms. The Morgan fingerprint density at radius 1 is 1.29 bits per heavy atom. The van der Waals surface area contributed by atoms with Gasteiger partial charge in [-0.05, 0) is 31.9 Å². The minimum absolute atomic E-state index is 0.202. The number of aryl methyl sites for hydroxylation is 1. The molecule has 28 heavy (non-hydrogen) atoms. The summed E-state index contributed by atoms with van der Waals surface area (Å²) in [6.07, 6.45) is 7.35. The van der Waals surface area contributed by atoms with Gasteiger partial charge in [-0.1, -0.05) is 38.9 Å². The van der Waals surface area contributed by atoms with Crippen molar-refractivity contribution in [1.29, 1.82) is 0 Å². The van der Waals surface area contributed by atoms with Crippen LogP contribution in [0.4, 0.5) is 10.6 Å². The molecule has 0 unspecified atom stereocenters. The molecule has 0 radical (unpaired) electrons. The highest BCUT2D eigenvalue weighted by Crippen LogP contribution is 2.19. The van der Waals surface area contributed by atoms with Gasteiger partial charge in [0.25, 0.3) is 0 Å². The van der Waals surface area contributed by atoms with E-state index in [1.54, 1.807) is 6.20 Å². The van der Waals surface area contributed by atoms with Crippen molar-refractivity contribution in [3.05, 3.63) is 18.0 Å². The third-order valence-electron chi connectivity index (χ3n) is 5.20. The fourth-order valence-electron chi connectivity index (χ4n) is 3.49. The van der Waals surface area contributed by atoms with Gasteiger partial charge in [0, 0.05) is 26.4 Å². The molecule has 7 nitrogen and oxygen atoms in total.